The van der Waals surface area contributed by atoms with Crippen molar-refractivity contribution in [1.29, 1.82) is 0 Å². The summed E-state index contributed by atoms with van der Waals surface area (Å²) < 4.78 is 0. The molecule has 1 fully saturated rings. The van der Waals surface area contributed by atoms with Crippen LogP contribution in [0.5, 0.6) is 0 Å². The molecule has 1 unspecified atom stereocenters. The lowest BCUT2D eigenvalue weighted by Gasteiger charge is -2.25. The van der Waals surface area contributed by atoms with Gasteiger partial charge in [0.15, 0.2) is 5.96 Å². The highest BCUT2D eigenvalue weighted by Gasteiger charge is 2.24. The van der Waals surface area contributed by atoms with Gasteiger partial charge in [-0.15, -0.1) is 0 Å². The molecule has 0 radical (unpaired) electrons. The predicted molar refractivity (Wildman–Crippen MR) is 121 cm³/mol. The normalized spacial score (nSPS) is 17.3. The second kappa shape index (κ2) is 10.8. The van der Waals surface area contributed by atoms with Crippen molar-refractivity contribution in [2.45, 2.75) is 38.9 Å². The fourth-order valence-electron chi connectivity index (χ4n) is 3.67. The Bertz CT molecular complexity index is 774. The van der Waals surface area contributed by atoms with Gasteiger partial charge in [0.05, 0.1) is 12.2 Å². The Morgan fingerprint density at radius 2 is 1.97 bits per heavy atom. The van der Waals surface area contributed by atoms with Gasteiger partial charge >= 0.3 is 0 Å². The zero-order valence-corrected chi connectivity index (χ0v) is 17.9. The average molecular weight is 395 g/mol. The smallest absolute Gasteiger partial charge is 0.191 e. The quantitative estimate of drug-likeness (QED) is 0.533. The zero-order valence-electron chi connectivity index (χ0n) is 17.9. The third-order valence-corrected chi connectivity index (χ3v) is 5.23. The van der Waals surface area contributed by atoms with Gasteiger partial charge in [-0.2, -0.15) is 0 Å². The first-order chi connectivity index (χ1) is 14.2. The Hall–Kier alpha value is -2.60. The molecule has 2 N–H and O–H groups in total. The van der Waals surface area contributed by atoms with Crippen LogP contribution in [0.4, 0.5) is 5.82 Å². The molecule has 6 heteroatoms. The van der Waals surface area contributed by atoms with E-state index in [0.717, 1.165) is 43.7 Å². The maximum atomic E-state index is 4.75. The molecule has 1 atom stereocenters. The van der Waals surface area contributed by atoms with E-state index in [0.29, 0.717) is 12.6 Å². The monoisotopic (exact) mass is 394 g/mol. The van der Waals surface area contributed by atoms with Crippen molar-refractivity contribution in [3.8, 4) is 0 Å². The Kier molecular flexibility index (Phi) is 7.87. The number of nitrogens with one attached hydrogen (secondary N) is 2. The molecule has 0 saturated carbocycles. The molecule has 0 bridgehead atoms. The molecule has 1 aliphatic rings. The third-order valence-electron chi connectivity index (χ3n) is 5.23. The van der Waals surface area contributed by atoms with Gasteiger partial charge in [-0.25, -0.2) is 9.98 Å². The molecule has 2 aromatic rings. The molecule has 6 nitrogen and oxygen atoms in total. The van der Waals surface area contributed by atoms with Gasteiger partial charge in [-0.3, -0.25) is 4.90 Å². The summed E-state index contributed by atoms with van der Waals surface area (Å²) in [4.78, 5) is 14.0. The standard InChI is InChI=1S/C23H34N6/c1-4-24-23(25-16-20-12-8-14-22(27-20)28(2)3)26-17-21-13-9-15-29(21)18-19-10-6-5-7-11-19/h5-8,10-12,14,21H,4,9,13,15-18H2,1-3H3,(H2,24,25,26). The summed E-state index contributed by atoms with van der Waals surface area (Å²) >= 11 is 0. The topological polar surface area (TPSA) is 55.8 Å². The second-order valence-corrected chi connectivity index (χ2v) is 7.71. The maximum Gasteiger partial charge on any atom is 0.191 e. The Balaban J connectivity index is 1.57. The summed E-state index contributed by atoms with van der Waals surface area (Å²) in [6, 6.07) is 17.3. The minimum Gasteiger partial charge on any atom is -0.363 e. The van der Waals surface area contributed by atoms with Crippen molar-refractivity contribution in [3.05, 3.63) is 59.8 Å². The molecule has 29 heavy (non-hydrogen) atoms. The molecular weight excluding hydrogens is 360 g/mol. The highest BCUT2D eigenvalue weighted by Crippen LogP contribution is 2.19. The number of likely N-dealkylation sites (tertiary alicyclic amines) is 1. The van der Waals surface area contributed by atoms with Crippen LogP contribution in [0.25, 0.3) is 0 Å². The number of pyridine rings is 1. The van der Waals surface area contributed by atoms with Crippen molar-refractivity contribution in [2.75, 3.05) is 38.6 Å². The zero-order chi connectivity index (χ0) is 20.5. The van der Waals surface area contributed by atoms with Crippen LogP contribution in [0, 0.1) is 0 Å². The van der Waals surface area contributed by atoms with E-state index in [9.17, 15) is 0 Å². The summed E-state index contributed by atoms with van der Waals surface area (Å²) in [6.07, 6.45) is 2.49. The third kappa shape index (κ3) is 6.46. The fourth-order valence-corrected chi connectivity index (χ4v) is 3.67. The van der Waals surface area contributed by atoms with E-state index in [1.807, 2.05) is 37.2 Å². The molecule has 1 aromatic carbocycles. The number of guanidine groups is 1. The summed E-state index contributed by atoms with van der Waals surface area (Å²) in [6.45, 7) is 6.59. The predicted octanol–water partition coefficient (Wildman–Crippen LogP) is 2.87. The highest BCUT2D eigenvalue weighted by molar-refractivity contribution is 5.79. The van der Waals surface area contributed by atoms with Gasteiger partial charge < -0.3 is 15.5 Å². The number of benzene rings is 1. The van der Waals surface area contributed by atoms with Crippen molar-refractivity contribution < 1.29 is 0 Å². The number of anilines is 1. The Labute approximate surface area is 175 Å². The molecule has 156 valence electrons. The summed E-state index contributed by atoms with van der Waals surface area (Å²) in [5.74, 6) is 1.81. The minimum absolute atomic E-state index is 0.536. The Morgan fingerprint density at radius 3 is 2.72 bits per heavy atom. The van der Waals surface area contributed by atoms with E-state index in [2.05, 4.69) is 57.8 Å². The lowest BCUT2D eigenvalue weighted by Crippen LogP contribution is -2.44. The van der Waals surface area contributed by atoms with Crippen LogP contribution in [0.3, 0.4) is 0 Å². The van der Waals surface area contributed by atoms with Crippen molar-refractivity contribution in [3.63, 3.8) is 0 Å². The highest BCUT2D eigenvalue weighted by atomic mass is 15.2. The van der Waals surface area contributed by atoms with E-state index in [1.54, 1.807) is 0 Å². The van der Waals surface area contributed by atoms with E-state index in [-0.39, 0.29) is 0 Å². The van der Waals surface area contributed by atoms with E-state index in [1.165, 1.54) is 18.4 Å². The molecule has 1 aliphatic heterocycles. The maximum absolute atomic E-state index is 4.75. The first-order valence-corrected chi connectivity index (χ1v) is 10.6. The van der Waals surface area contributed by atoms with E-state index < -0.39 is 0 Å². The van der Waals surface area contributed by atoms with Gasteiger partial charge in [-0.05, 0) is 44.0 Å². The number of hydrogen-bond acceptors (Lipinski definition) is 4. The lowest BCUT2D eigenvalue weighted by molar-refractivity contribution is 0.245. The largest absolute Gasteiger partial charge is 0.363 e. The summed E-state index contributed by atoms with van der Waals surface area (Å²) in [5.41, 5.74) is 2.35. The number of aliphatic imine (C=N–C) groups is 1. The van der Waals surface area contributed by atoms with Crippen LogP contribution in [0.15, 0.2) is 53.5 Å². The lowest BCUT2D eigenvalue weighted by atomic mass is 10.2. The molecule has 0 amide bonds. The second-order valence-electron chi connectivity index (χ2n) is 7.71. The molecule has 2 heterocycles. The first kappa shape index (κ1) is 21.1. The molecule has 1 aromatic heterocycles. The SMILES string of the molecule is CCNC(=NCc1cccc(N(C)C)n1)NCC1CCCN1Cc1ccccc1. The number of hydrogen-bond donors (Lipinski definition) is 2. The van der Waals surface area contributed by atoms with Crippen molar-refractivity contribution in [1.82, 2.24) is 20.5 Å². The van der Waals surface area contributed by atoms with Gasteiger partial charge in [0, 0.05) is 39.8 Å². The van der Waals surface area contributed by atoms with Crippen LogP contribution >= 0.6 is 0 Å². The molecule has 1 saturated heterocycles. The average Bonchev–Trinajstić information content (AvgIpc) is 3.18. The molecule has 0 spiro atoms. The van der Waals surface area contributed by atoms with E-state index in [4.69, 9.17) is 4.99 Å². The van der Waals surface area contributed by atoms with Gasteiger partial charge in [-0.1, -0.05) is 36.4 Å². The van der Waals surface area contributed by atoms with Crippen molar-refractivity contribution >= 4 is 11.8 Å². The first-order valence-electron chi connectivity index (χ1n) is 10.6. The Morgan fingerprint density at radius 1 is 1.14 bits per heavy atom. The molecular formula is C23H34N6. The summed E-state index contributed by atoms with van der Waals surface area (Å²) in [7, 11) is 4.01. The van der Waals surface area contributed by atoms with Crippen molar-refractivity contribution in [2.24, 2.45) is 4.99 Å². The fraction of sp³-hybridized carbons (Fsp3) is 0.478. The number of rotatable bonds is 8. The summed E-state index contributed by atoms with van der Waals surface area (Å²) in [5, 5.41) is 6.91. The molecule has 3 rings (SSSR count). The van der Waals surface area contributed by atoms with Crippen LogP contribution < -0.4 is 15.5 Å². The van der Waals surface area contributed by atoms with Crippen LogP contribution in [0.1, 0.15) is 31.0 Å². The number of nitrogens with zero attached hydrogens (tertiary/aromatic N) is 4. The van der Waals surface area contributed by atoms with Crippen LogP contribution in [0.2, 0.25) is 0 Å². The number of aromatic nitrogens is 1. The van der Waals surface area contributed by atoms with Gasteiger partial charge in [0.1, 0.15) is 5.82 Å². The van der Waals surface area contributed by atoms with Crippen LogP contribution in [-0.4, -0.2) is 55.6 Å². The van der Waals surface area contributed by atoms with Gasteiger partial charge in [0.2, 0.25) is 0 Å². The van der Waals surface area contributed by atoms with Gasteiger partial charge in [0.25, 0.3) is 0 Å². The minimum atomic E-state index is 0.536. The molecule has 0 aliphatic carbocycles. The van der Waals surface area contributed by atoms with Crippen LogP contribution in [-0.2, 0) is 13.1 Å². The van der Waals surface area contributed by atoms with E-state index >= 15 is 0 Å².